The van der Waals surface area contributed by atoms with Crippen LogP contribution in [0.4, 0.5) is 5.69 Å². The number of sulfonamides is 2. The Morgan fingerprint density at radius 1 is 0.829 bits per heavy atom. The van der Waals surface area contributed by atoms with Gasteiger partial charge in [0.2, 0.25) is 26.0 Å². The summed E-state index contributed by atoms with van der Waals surface area (Å²) in [5, 5.41) is 2.77. The molecule has 35 heavy (non-hydrogen) atoms. The molecular formula is C24H25N3O5S3. The van der Waals surface area contributed by atoms with Crippen molar-refractivity contribution in [3.63, 3.8) is 0 Å². The molecule has 1 aliphatic rings. The molecule has 3 aromatic rings. The van der Waals surface area contributed by atoms with E-state index in [0.29, 0.717) is 5.69 Å². The predicted molar refractivity (Wildman–Crippen MR) is 136 cm³/mol. The van der Waals surface area contributed by atoms with E-state index in [4.69, 9.17) is 0 Å². The first-order valence-corrected chi connectivity index (χ1v) is 14.9. The molecule has 3 aromatic carbocycles. The van der Waals surface area contributed by atoms with Crippen LogP contribution in [0, 0.1) is 0 Å². The lowest BCUT2D eigenvalue weighted by Gasteiger charge is -2.38. The first-order chi connectivity index (χ1) is 16.7. The summed E-state index contributed by atoms with van der Waals surface area (Å²) in [5.74, 6) is -0.601. The van der Waals surface area contributed by atoms with Crippen molar-refractivity contribution in [2.75, 3.05) is 31.2 Å². The molecule has 0 spiro atoms. The number of benzene rings is 3. The molecule has 11 heteroatoms. The van der Waals surface area contributed by atoms with Crippen molar-refractivity contribution in [3.05, 3.63) is 84.9 Å². The average Bonchev–Trinajstić information content (AvgIpc) is 2.89. The van der Waals surface area contributed by atoms with Gasteiger partial charge in [0.25, 0.3) is 0 Å². The third-order valence-corrected chi connectivity index (χ3v) is 10.2. The minimum atomic E-state index is -4.05. The molecule has 1 amide bonds. The summed E-state index contributed by atoms with van der Waals surface area (Å²) in [7, 11) is -7.97. The smallest absolute Gasteiger partial charge is 0.244 e. The fraction of sp³-hybridized carbons (Fsp3) is 0.208. The highest BCUT2D eigenvalue weighted by Crippen LogP contribution is 2.26. The molecule has 1 saturated heterocycles. The van der Waals surface area contributed by atoms with Gasteiger partial charge in [0, 0.05) is 30.2 Å². The van der Waals surface area contributed by atoms with Crippen molar-refractivity contribution in [1.29, 1.82) is 0 Å². The lowest BCUT2D eigenvalue weighted by Crippen LogP contribution is -2.60. The van der Waals surface area contributed by atoms with Gasteiger partial charge in [0.1, 0.15) is 6.04 Å². The molecule has 0 saturated carbocycles. The van der Waals surface area contributed by atoms with Gasteiger partial charge < -0.3 is 5.32 Å². The topological polar surface area (TPSA) is 104 Å². The summed E-state index contributed by atoms with van der Waals surface area (Å²) in [5.41, 5.74) is 0.502. The molecule has 1 aliphatic heterocycles. The Hall–Kier alpha value is -2.70. The van der Waals surface area contributed by atoms with E-state index in [1.807, 2.05) is 12.3 Å². The summed E-state index contributed by atoms with van der Waals surface area (Å²) in [4.78, 5) is 14.5. The Morgan fingerprint density at radius 3 is 2.03 bits per heavy atom. The Kier molecular flexibility index (Phi) is 7.62. The number of hydrogen-bond acceptors (Lipinski definition) is 6. The highest BCUT2D eigenvalue weighted by molar-refractivity contribution is 7.98. The molecular weight excluding hydrogens is 506 g/mol. The van der Waals surface area contributed by atoms with E-state index in [2.05, 4.69) is 5.32 Å². The van der Waals surface area contributed by atoms with Gasteiger partial charge in [0.05, 0.1) is 9.79 Å². The number of carbonyl (C=O) groups excluding carboxylic acids is 1. The third kappa shape index (κ3) is 5.44. The lowest BCUT2D eigenvalue weighted by atomic mass is 10.2. The molecule has 0 unspecified atom stereocenters. The van der Waals surface area contributed by atoms with Crippen LogP contribution in [0.1, 0.15) is 0 Å². The van der Waals surface area contributed by atoms with Crippen LogP contribution in [-0.4, -0.2) is 63.3 Å². The molecule has 4 rings (SSSR count). The van der Waals surface area contributed by atoms with Gasteiger partial charge in [-0.15, -0.1) is 11.8 Å². The normalized spacial score (nSPS) is 17.7. The van der Waals surface area contributed by atoms with E-state index in [0.717, 1.165) is 9.20 Å². The van der Waals surface area contributed by atoms with E-state index in [-0.39, 0.29) is 29.4 Å². The second-order valence-corrected chi connectivity index (χ2v) is 12.6. The summed E-state index contributed by atoms with van der Waals surface area (Å²) in [6, 6.07) is 21.6. The van der Waals surface area contributed by atoms with Crippen LogP contribution in [0.5, 0.6) is 0 Å². The number of nitrogens with one attached hydrogen (secondary N) is 1. The van der Waals surface area contributed by atoms with Crippen molar-refractivity contribution in [2.24, 2.45) is 0 Å². The number of anilines is 1. The van der Waals surface area contributed by atoms with Gasteiger partial charge in [-0.25, -0.2) is 16.8 Å². The number of thioether (sulfide) groups is 1. The zero-order chi connectivity index (χ0) is 25.1. The van der Waals surface area contributed by atoms with Crippen LogP contribution in [-0.2, 0) is 24.8 Å². The monoisotopic (exact) mass is 531 g/mol. The number of piperazine rings is 1. The Labute approximate surface area is 210 Å². The fourth-order valence-corrected chi connectivity index (χ4v) is 7.37. The summed E-state index contributed by atoms with van der Waals surface area (Å²) in [6.07, 6.45) is 1.91. The van der Waals surface area contributed by atoms with E-state index < -0.39 is 32.0 Å². The van der Waals surface area contributed by atoms with Crippen LogP contribution >= 0.6 is 11.8 Å². The molecule has 0 aliphatic carbocycles. The zero-order valence-corrected chi connectivity index (χ0v) is 21.4. The summed E-state index contributed by atoms with van der Waals surface area (Å²) >= 11 is 1.50. The van der Waals surface area contributed by atoms with Gasteiger partial charge >= 0.3 is 0 Å². The number of carbonyl (C=O) groups is 1. The number of nitrogens with zero attached hydrogens (tertiary/aromatic N) is 2. The molecule has 8 nitrogen and oxygen atoms in total. The fourth-order valence-electron chi connectivity index (χ4n) is 3.86. The second-order valence-electron chi connectivity index (χ2n) is 7.84. The summed E-state index contributed by atoms with van der Waals surface area (Å²) < 4.78 is 55.7. The molecule has 0 radical (unpaired) electrons. The highest BCUT2D eigenvalue weighted by Gasteiger charge is 2.43. The Balaban J connectivity index is 1.68. The van der Waals surface area contributed by atoms with Gasteiger partial charge in [-0.3, -0.25) is 4.79 Å². The molecule has 1 N–H and O–H groups in total. The number of rotatable bonds is 7. The quantitative estimate of drug-likeness (QED) is 0.470. The van der Waals surface area contributed by atoms with Crippen molar-refractivity contribution < 1.29 is 21.6 Å². The third-order valence-electron chi connectivity index (χ3n) is 5.66. The van der Waals surface area contributed by atoms with Crippen LogP contribution in [0.3, 0.4) is 0 Å². The minimum Gasteiger partial charge on any atom is -0.325 e. The van der Waals surface area contributed by atoms with Gasteiger partial charge in [-0.05, 0) is 48.7 Å². The Bertz CT molecular complexity index is 1400. The molecule has 1 atom stereocenters. The van der Waals surface area contributed by atoms with E-state index in [9.17, 15) is 21.6 Å². The summed E-state index contributed by atoms with van der Waals surface area (Å²) in [6.45, 7) is -0.543. The molecule has 0 bridgehead atoms. The first kappa shape index (κ1) is 25.4. The van der Waals surface area contributed by atoms with Gasteiger partial charge in [-0.2, -0.15) is 8.61 Å². The highest BCUT2D eigenvalue weighted by atomic mass is 32.2. The van der Waals surface area contributed by atoms with Crippen molar-refractivity contribution in [2.45, 2.75) is 20.7 Å². The molecule has 0 aromatic heterocycles. The molecule has 184 valence electrons. The van der Waals surface area contributed by atoms with Crippen LogP contribution < -0.4 is 5.32 Å². The lowest BCUT2D eigenvalue weighted by molar-refractivity contribution is -0.120. The molecule has 1 heterocycles. The van der Waals surface area contributed by atoms with Crippen LogP contribution in [0.2, 0.25) is 0 Å². The number of amides is 1. The van der Waals surface area contributed by atoms with E-state index in [1.165, 1.54) is 40.3 Å². The number of hydrogen-bond donors (Lipinski definition) is 1. The van der Waals surface area contributed by atoms with Crippen LogP contribution in [0.25, 0.3) is 0 Å². The second kappa shape index (κ2) is 10.5. The van der Waals surface area contributed by atoms with Gasteiger partial charge in [-0.1, -0.05) is 42.5 Å². The van der Waals surface area contributed by atoms with Crippen molar-refractivity contribution >= 4 is 43.4 Å². The minimum absolute atomic E-state index is 0.0431. The zero-order valence-electron chi connectivity index (χ0n) is 18.9. The standard InChI is InChI=1S/C24H25N3O5S3/c1-33-20-10-8-9-19(17-20)25-24(28)23-18-26(34(29,30)21-11-4-2-5-12-21)15-16-27(23)35(31,32)22-13-6-3-7-14-22/h2-14,17,23H,15-16,18H2,1H3,(H,25,28)/t23-/m0/s1. The van der Waals surface area contributed by atoms with E-state index >= 15 is 0 Å². The SMILES string of the molecule is CSc1cccc(NC(=O)[C@@H]2CN(S(=O)(=O)c3ccccc3)CCN2S(=O)(=O)c2ccccc2)c1. The van der Waals surface area contributed by atoms with Crippen LogP contribution in [0.15, 0.2) is 99.6 Å². The van der Waals surface area contributed by atoms with E-state index in [1.54, 1.807) is 54.6 Å². The van der Waals surface area contributed by atoms with Gasteiger partial charge in [0.15, 0.2) is 0 Å². The average molecular weight is 532 g/mol. The largest absolute Gasteiger partial charge is 0.325 e. The maximum atomic E-state index is 13.5. The maximum absolute atomic E-state index is 13.5. The Morgan fingerprint density at radius 2 is 1.43 bits per heavy atom. The first-order valence-electron chi connectivity index (χ1n) is 10.8. The maximum Gasteiger partial charge on any atom is 0.244 e. The van der Waals surface area contributed by atoms with Crippen molar-refractivity contribution in [1.82, 2.24) is 8.61 Å². The van der Waals surface area contributed by atoms with Crippen molar-refractivity contribution in [3.8, 4) is 0 Å². The predicted octanol–water partition coefficient (Wildman–Crippen LogP) is 3.11. The molecule has 1 fully saturated rings.